The fourth-order valence-corrected chi connectivity index (χ4v) is 3.04. The van der Waals surface area contributed by atoms with Gasteiger partial charge in [0, 0.05) is 0 Å². The van der Waals surface area contributed by atoms with E-state index in [0.717, 1.165) is 12.8 Å². The van der Waals surface area contributed by atoms with Crippen LogP contribution in [-0.4, -0.2) is 19.2 Å². The third-order valence-electron chi connectivity index (χ3n) is 4.60. The molecule has 0 radical (unpaired) electrons. The molecular weight excluding hydrogens is 312 g/mol. The van der Waals surface area contributed by atoms with Crippen molar-refractivity contribution in [2.24, 2.45) is 0 Å². The van der Waals surface area contributed by atoms with Crippen LogP contribution in [0.1, 0.15) is 94.8 Å². The van der Waals surface area contributed by atoms with Crippen molar-refractivity contribution in [3.05, 3.63) is 29.8 Å². The lowest BCUT2D eigenvalue weighted by molar-refractivity contribution is 0.0316. The number of para-hydroxylation sites is 1. The minimum Gasteiger partial charge on any atom is -0.496 e. The standard InChI is InChI=1S/C22H36O3/c1-4-5-6-7-8-9-10-11-12-13-16-19(2)25-22(23)20-17-14-15-18-21(20)24-3/h14-15,17-19H,4-13,16H2,1-3H3. The van der Waals surface area contributed by atoms with E-state index in [1.807, 2.05) is 19.1 Å². The van der Waals surface area contributed by atoms with Crippen molar-refractivity contribution in [1.29, 1.82) is 0 Å². The van der Waals surface area contributed by atoms with Gasteiger partial charge in [0.1, 0.15) is 11.3 Å². The predicted molar refractivity (Wildman–Crippen MR) is 104 cm³/mol. The molecule has 142 valence electrons. The number of carbonyl (C=O) groups excluding carboxylic acids is 1. The minimum absolute atomic E-state index is 0.0496. The van der Waals surface area contributed by atoms with Crippen LogP contribution >= 0.6 is 0 Å². The van der Waals surface area contributed by atoms with Gasteiger partial charge in [-0.05, 0) is 31.9 Å². The van der Waals surface area contributed by atoms with Crippen molar-refractivity contribution >= 4 is 5.97 Å². The average molecular weight is 349 g/mol. The summed E-state index contributed by atoms with van der Waals surface area (Å²) < 4.78 is 10.8. The van der Waals surface area contributed by atoms with Crippen molar-refractivity contribution in [2.75, 3.05) is 7.11 Å². The number of ether oxygens (including phenoxy) is 2. The Bertz CT molecular complexity index is 470. The van der Waals surface area contributed by atoms with E-state index in [4.69, 9.17) is 9.47 Å². The molecule has 25 heavy (non-hydrogen) atoms. The van der Waals surface area contributed by atoms with E-state index < -0.39 is 0 Å². The van der Waals surface area contributed by atoms with Gasteiger partial charge in [-0.1, -0.05) is 76.8 Å². The summed E-state index contributed by atoms with van der Waals surface area (Å²) in [7, 11) is 1.57. The number of hydrogen-bond acceptors (Lipinski definition) is 3. The lowest BCUT2D eigenvalue weighted by Crippen LogP contribution is -2.15. The molecule has 0 amide bonds. The van der Waals surface area contributed by atoms with E-state index in [-0.39, 0.29) is 12.1 Å². The molecule has 0 saturated carbocycles. The summed E-state index contributed by atoms with van der Waals surface area (Å²) in [6.07, 6.45) is 14.1. The van der Waals surface area contributed by atoms with Gasteiger partial charge in [-0.25, -0.2) is 4.79 Å². The number of benzene rings is 1. The smallest absolute Gasteiger partial charge is 0.342 e. The van der Waals surface area contributed by atoms with Crippen LogP contribution in [0.15, 0.2) is 24.3 Å². The van der Waals surface area contributed by atoms with Gasteiger partial charge in [-0.15, -0.1) is 0 Å². The Balaban J connectivity index is 2.09. The van der Waals surface area contributed by atoms with Crippen molar-refractivity contribution in [3.8, 4) is 5.75 Å². The summed E-state index contributed by atoms with van der Waals surface area (Å²) in [5.74, 6) is 0.274. The number of methoxy groups -OCH3 is 1. The Morgan fingerprint density at radius 3 is 2.08 bits per heavy atom. The first-order valence-corrected chi connectivity index (χ1v) is 10.0. The molecule has 0 bridgehead atoms. The molecule has 1 unspecified atom stereocenters. The van der Waals surface area contributed by atoms with Crippen molar-refractivity contribution in [1.82, 2.24) is 0 Å². The highest BCUT2D eigenvalue weighted by Crippen LogP contribution is 2.20. The second kappa shape index (κ2) is 13.7. The maximum absolute atomic E-state index is 12.2. The zero-order chi connectivity index (χ0) is 18.3. The van der Waals surface area contributed by atoms with Gasteiger partial charge >= 0.3 is 5.97 Å². The first-order chi connectivity index (χ1) is 12.2. The lowest BCUT2D eigenvalue weighted by Gasteiger charge is -2.14. The highest BCUT2D eigenvalue weighted by atomic mass is 16.5. The first kappa shape index (κ1) is 21.5. The quantitative estimate of drug-likeness (QED) is 0.282. The monoisotopic (exact) mass is 348 g/mol. The summed E-state index contributed by atoms with van der Waals surface area (Å²) in [4.78, 5) is 12.2. The highest BCUT2D eigenvalue weighted by Gasteiger charge is 2.15. The fourth-order valence-electron chi connectivity index (χ4n) is 3.04. The number of unbranched alkanes of at least 4 members (excludes halogenated alkanes) is 9. The molecular formula is C22H36O3. The van der Waals surface area contributed by atoms with Crippen LogP contribution < -0.4 is 4.74 Å². The van der Waals surface area contributed by atoms with Crippen LogP contribution in [0.3, 0.4) is 0 Å². The van der Waals surface area contributed by atoms with Crippen molar-refractivity contribution < 1.29 is 14.3 Å². The molecule has 0 spiro atoms. The van der Waals surface area contributed by atoms with E-state index in [1.165, 1.54) is 57.8 Å². The lowest BCUT2D eigenvalue weighted by atomic mass is 10.0. The summed E-state index contributed by atoms with van der Waals surface area (Å²) in [5, 5.41) is 0. The molecule has 1 atom stereocenters. The SMILES string of the molecule is CCCCCCCCCCCCC(C)OC(=O)c1ccccc1OC. The fraction of sp³-hybridized carbons (Fsp3) is 0.682. The molecule has 3 heteroatoms. The summed E-state index contributed by atoms with van der Waals surface area (Å²) in [5.41, 5.74) is 0.500. The number of hydrogen-bond donors (Lipinski definition) is 0. The summed E-state index contributed by atoms with van der Waals surface area (Å²) >= 11 is 0. The Kier molecular flexibility index (Phi) is 11.8. The van der Waals surface area contributed by atoms with Crippen LogP contribution in [0.2, 0.25) is 0 Å². The molecule has 1 rings (SSSR count). The van der Waals surface area contributed by atoms with Crippen LogP contribution in [0.4, 0.5) is 0 Å². The van der Waals surface area contributed by atoms with Gasteiger partial charge in [0.2, 0.25) is 0 Å². The molecule has 3 nitrogen and oxygen atoms in total. The van der Waals surface area contributed by atoms with Gasteiger partial charge in [0.25, 0.3) is 0 Å². The van der Waals surface area contributed by atoms with Crippen molar-refractivity contribution in [2.45, 2.75) is 90.6 Å². The molecule has 0 fully saturated rings. The van der Waals surface area contributed by atoms with Crippen LogP contribution in [0.5, 0.6) is 5.75 Å². The van der Waals surface area contributed by atoms with Gasteiger partial charge < -0.3 is 9.47 Å². The maximum atomic E-state index is 12.2. The van der Waals surface area contributed by atoms with E-state index in [1.54, 1.807) is 19.2 Å². The molecule has 0 aliphatic carbocycles. The maximum Gasteiger partial charge on any atom is 0.342 e. The first-order valence-electron chi connectivity index (χ1n) is 10.0. The second-order valence-electron chi connectivity index (χ2n) is 6.89. The topological polar surface area (TPSA) is 35.5 Å². The Morgan fingerprint density at radius 2 is 1.48 bits per heavy atom. The van der Waals surface area contributed by atoms with Crippen LogP contribution in [-0.2, 0) is 4.74 Å². The second-order valence-corrected chi connectivity index (χ2v) is 6.89. The van der Waals surface area contributed by atoms with E-state index in [2.05, 4.69) is 6.92 Å². The summed E-state index contributed by atoms with van der Waals surface area (Å²) in [6, 6.07) is 7.20. The largest absolute Gasteiger partial charge is 0.496 e. The Morgan fingerprint density at radius 1 is 0.920 bits per heavy atom. The summed E-state index contributed by atoms with van der Waals surface area (Å²) in [6.45, 7) is 4.23. The van der Waals surface area contributed by atoms with Gasteiger partial charge in [-0.3, -0.25) is 0 Å². The van der Waals surface area contributed by atoms with E-state index in [0.29, 0.717) is 11.3 Å². The third-order valence-corrected chi connectivity index (χ3v) is 4.60. The minimum atomic E-state index is -0.294. The predicted octanol–water partition coefficient (Wildman–Crippen LogP) is 6.55. The zero-order valence-electron chi connectivity index (χ0n) is 16.4. The van der Waals surface area contributed by atoms with Crippen LogP contribution in [0.25, 0.3) is 0 Å². The Labute approximate surface area is 154 Å². The molecule has 1 aromatic rings. The molecule has 0 aromatic heterocycles. The van der Waals surface area contributed by atoms with Crippen LogP contribution in [0, 0.1) is 0 Å². The van der Waals surface area contributed by atoms with Gasteiger partial charge in [-0.2, -0.15) is 0 Å². The van der Waals surface area contributed by atoms with Gasteiger partial charge in [0.15, 0.2) is 0 Å². The molecule has 0 aliphatic rings. The van der Waals surface area contributed by atoms with E-state index in [9.17, 15) is 4.79 Å². The average Bonchev–Trinajstić information content (AvgIpc) is 2.63. The number of esters is 1. The Hall–Kier alpha value is -1.51. The zero-order valence-corrected chi connectivity index (χ0v) is 16.4. The van der Waals surface area contributed by atoms with Crippen molar-refractivity contribution in [3.63, 3.8) is 0 Å². The molecule has 0 heterocycles. The molecule has 1 aromatic carbocycles. The molecule has 0 N–H and O–H groups in total. The normalized spacial score (nSPS) is 12.0. The molecule has 0 aliphatic heterocycles. The highest BCUT2D eigenvalue weighted by molar-refractivity contribution is 5.92. The molecule has 0 saturated heterocycles. The van der Waals surface area contributed by atoms with E-state index >= 15 is 0 Å². The number of carbonyl (C=O) groups is 1. The number of rotatable bonds is 14. The third kappa shape index (κ3) is 9.52. The van der Waals surface area contributed by atoms with Gasteiger partial charge in [0.05, 0.1) is 13.2 Å².